The normalized spacial score (nSPS) is 21.3. The first-order chi connectivity index (χ1) is 6.86. The van der Waals surface area contributed by atoms with Gasteiger partial charge in [0.25, 0.3) is 0 Å². The van der Waals surface area contributed by atoms with Crippen LogP contribution < -0.4 is 0 Å². The minimum Gasteiger partial charge on any atom is -0.477 e. The quantitative estimate of drug-likeness (QED) is 0.382. The number of esters is 1. The molecule has 0 spiro atoms. The van der Waals surface area contributed by atoms with Crippen molar-refractivity contribution in [2.75, 3.05) is 0 Å². The van der Waals surface area contributed by atoms with Gasteiger partial charge in [0.2, 0.25) is 0 Å². The van der Waals surface area contributed by atoms with E-state index in [9.17, 15) is 19.2 Å². The van der Waals surface area contributed by atoms with Crippen molar-refractivity contribution in [3.8, 4) is 0 Å². The smallest absolute Gasteiger partial charge is 0.342 e. The molecule has 0 unspecified atom stereocenters. The lowest BCUT2D eigenvalue weighted by Crippen LogP contribution is -2.39. The lowest BCUT2D eigenvalue weighted by molar-refractivity contribution is -0.153. The monoisotopic (exact) mass is 212 g/mol. The molecule has 0 fully saturated rings. The SMILES string of the molecule is CC(=O)[C@H]1C(=O)OC(C)=C(C(=O)O)C1=O. The maximum atomic E-state index is 11.5. The number of carboxylic acids is 1. The van der Waals surface area contributed by atoms with Gasteiger partial charge >= 0.3 is 11.9 Å². The molecule has 0 saturated heterocycles. The number of rotatable bonds is 2. The first-order valence-electron chi connectivity index (χ1n) is 4.06. The number of carboxylic acid groups (broad SMARTS) is 1. The zero-order chi connectivity index (χ0) is 11.7. The molecule has 0 aliphatic carbocycles. The fraction of sp³-hybridized carbons (Fsp3) is 0.333. The van der Waals surface area contributed by atoms with Crippen LogP contribution in [-0.2, 0) is 23.9 Å². The van der Waals surface area contributed by atoms with E-state index < -0.39 is 35.0 Å². The molecule has 0 aromatic heterocycles. The molecular formula is C9H8O6. The van der Waals surface area contributed by atoms with E-state index in [0.29, 0.717) is 0 Å². The number of aliphatic carboxylic acids is 1. The van der Waals surface area contributed by atoms with Crippen LogP contribution in [0.25, 0.3) is 0 Å². The summed E-state index contributed by atoms with van der Waals surface area (Å²) >= 11 is 0. The third-order valence-electron chi connectivity index (χ3n) is 1.97. The predicted molar refractivity (Wildman–Crippen MR) is 45.6 cm³/mol. The highest BCUT2D eigenvalue weighted by Gasteiger charge is 2.42. The van der Waals surface area contributed by atoms with Gasteiger partial charge in [-0.2, -0.15) is 0 Å². The molecule has 6 heteroatoms. The second-order valence-corrected chi connectivity index (χ2v) is 3.07. The predicted octanol–water partition coefficient (Wildman–Crippen LogP) is -0.324. The van der Waals surface area contributed by atoms with E-state index in [4.69, 9.17) is 5.11 Å². The lowest BCUT2D eigenvalue weighted by Gasteiger charge is -2.19. The average molecular weight is 212 g/mol. The number of Topliss-reactive ketones (excluding diaryl/α,β-unsaturated/α-hetero) is 2. The Labute approximate surface area is 84.5 Å². The van der Waals surface area contributed by atoms with E-state index in [0.717, 1.165) is 6.92 Å². The minimum absolute atomic E-state index is 0.282. The summed E-state index contributed by atoms with van der Waals surface area (Å²) in [6, 6.07) is 0. The topological polar surface area (TPSA) is 97.7 Å². The van der Waals surface area contributed by atoms with Gasteiger partial charge in [-0.25, -0.2) is 4.79 Å². The Morgan fingerprint density at radius 1 is 1.33 bits per heavy atom. The lowest BCUT2D eigenvalue weighted by atomic mass is 9.91. The highest BCUT2D eigenvalue weighted by molar-refractivity contribution is 6.31. The van der Waals surface area contributed by atoms with E-state index in [1.807, 2.05) is 0 Å². The Morgan fingerprint density at radius 3 is 2.27 bits per heavy atom. The molecule has 0 saturated carbocycles. The number of hydrogen-bond donors (Lipinski definition) is 1. The second-order valence-electron chi connectivity index (χ2n) is 3.07. The van der Waals surface area contributed by atoms with Gasteiger partial charge in [0.1, 0.15) is 11.3 Å². The van der Waals surface area contributed by atoms with Gasteiger partial charge in [0, 0.05) is 0 Å². The van der Waals surface area contributed by atoms with E-state index in [2.05, 4.69) is 4.74 Å². The fourth-order valence-electron chi connectivity index (χ4n) is 1.29. The standard InChI is InChI=1S/C9H8O6/c1-3(10)5-7(11)6(8(12)13)4(2)15-9(5)14/h5H,1-2H3,(H,12,13)/t5-/m1/s1. The molecule has 0 aromatic rings. The van der Waals surface area contributed by atoms with Crippen LogP contribution in [0.2, 0.25) is 0 Å². The van der Waals surface area contributed by atoms with Crippen molar-refractivity contribution in [3.63, 3.8) is 0 Å². The molecule has 0 radical (unpaired) electrons. The van der Waals surface area contributed by atoms with Gasteiger partial charge in [0.05, 0.1) is 0 Å². The molecule has 80 valence electrons. The number of hydrogen-bond acceptors (Lipinski definition) is 5. The summed E-state index contributed by atoms with van der Waals surface area (Å²) in [6.07, 6.45) is 0. The third-order valence-corrected chi connectivity index (χ3v) is 1.97. The summed E-state index contributed by atoms with van der Waals surface area (Å²) in [4.78, 5) is 44.2. The summed E-state index contributed by atoms with van der Waals surface area (Å²) in [6.45, 7) is 2.22. The first kappa shape index (κ1) is 11.1. The van der Waals surface area contributed by atoms with Crippen LogP contribution in [0, 0.1) is 5.92 Å². The molecule has 1 rings (SSSR count). The molecule has 15 heavy (non-hydrogen) atoms. The van der Waals surface area contributed by atoms with Crippen molar-refractivity contribution in [3.05, 3.63) is 11.3 Å². The summed E-state index contributed by atoms with van der Waals surface area (Å²) in [5.41, 5.74) is -0.644. The average Bonchev–Trinajstić information content (AvgIpc) is 1.99. The van der Waals surface area contributed by atoms with Crippen molar-refractivity contribution in [1.82, 2.24) is 0 Å². The third kappa shape index (κ3) is 1.78. The van der Waals surface area contributed by atoms with Gasteiger partial charge in [-0.05, 0) is 13.8 Å². The molecule has 1 aliphatic rings. The van der Waals surface area contributed by atoms with Gasteiger partial charge < -0.3 is 9.84 Å². The Kier molecular flexibility index (Phi) is 2.69. The molecule has 1 aliphatic heterocycles. The van der Waals surface area contributed by atoms with Gasteiger partial charge in [-0.3, -0.25) is 14.4 Å². The van der Waals surface area contributed by atoms with Crippen molar-refractivity contribution in [1.29, 1.82) is 0 Å². The molecular weight excluding hydrogens is 204 g/mol. The first-order valence-corrected chi connectivity index (χ1v) is 4.06. The van der Waals surface area contributed by atoms with Crippen LogP contribution in [0.1, 0.15) is 13.8 Å². The number of ketones is 2. The number of carbonyl (C=O) groups excluding carboxylic acids is 3. The van der Waals surface area contributed by atoms with Crippen LogP contribution in [0.3, 0.4) is 0 Å². The Bertz CT molecular complexity index is 403. The van der Waals surface area contributed by atoms with E-state index in [1.54, 1.807) is 0 Å². The highest BCUT2D eigenvalue weighted by atomic mass is 16.5. The largest absolute Gasteiger partial charge is 0.477 e. The molecule has 1 heterocycles. The Hall–Kier alpha value is -1.98. The summed E-state index contributed by atoms with van der Waals surface area (Å²) in [5, 5.41) is 8.68. The van der Waals surface area contributed by atoms with Crippen molar-refractivity contribution >= 4 is 23.5 Å². The van der Waals surface area contributed by atoms with E-state index in [-0.39, 0.29) is 5.76 Å². The fourth-order valence-corrected chi connectivity index (χ4v) is 1.29. The van der Waals surface area contributed by atoms with Crippen molar-refractivity contribution in [2.45, 2.75) is 13.8 Å². The number of cyclic esters (lactones) is 1. The van der Waals surface area contributed by atoms with Crippen LogP contribution in [0.15, 0.2) is 11.3 Å². The maximum Gasteiger partial charge on any atom is 0.342 e. The van der Waals surface area contributed by atoms with E-state index >= 15 is 0 Å². The number of carbonyl (C=O) groups is 4. The summed E-state index contributed by atoms with van der Waals surface area (Å²) in [7, 11) is 0. The second kappa shape index (κ2) is 3.64. The molecule has 1 atom stereocenters. The van der Waals surface area contributed by atoms with Crippen LogP contribution in [0.4, 0.5) is 0 Å². The van der Waals surface area contributed by atoms with Gasteiger partial charge in [-0.15, -0.1) is 0 Å². The minimum atomic E-state index is -1.64. The maximum absolute atomic E-state index is 11.5. The Morgan fingerprint density at radius 2 is 1.87 bits per heavy atom. The highest BCUT2D eigenvalue weighted by Crippen LogP contribution is 2.22. The van der Waals surface area contributed by atoms with Crippen molar-refractivity contribution in [2.24, 2.45) is 5.92 Å². The molecule has 6 nitrogen and oxygen atoms in total. The van der Waals surface area contributed by atoms with Crippen molar-refractivity contribution < 1.29 is 29.0 Å². The molecule has 0 amide bonds. The summed E-state index contributed by atoms with van der Waals surface area (Å²) in [5.74, 6) is -6.18. The van der Waals surface area contributed by atoms with E-state index in [1.165, 1.54) is 6.92 Å². The number of ether oxygens (including phenoxy) is 1. The zero-order valence-corrected chi connectivity index (χ0v) is 8.07. The van der Waals surface area contributed by atoms with Gasteiger partial charge in [-0.1, -0.05) is 0 Å². The molecule has 1 N–H and O–H groups in total. The zero-order valence-electron chi connectivity index (χ0n) is 8.07. The van der Waals surface area contributed by atoms with Crippen LogP contribution in [0.5, 0.6) is 0 Å². The van der Waals surface area contributed by atoms with Crippen LogP contribution in [-0.4, -0.2) is 28.6 Å². The molecule has 0 aromatic carbocycles. The number of allylic oxidation sites excluding steroid dienone is 1. The van der Waals surface area contributed by atoms with Crippen LogP contribution >= 0.6 is 0 Å². The summed E-state index contributed by atoms with van der Waals surface area (Å²) < 4.78 is 4.52. The van der Waals surface area contributed by atoms with Gasteiger partial charge in [0.15, 0.2) is 17.5 Å². The molecule has 0 bridgehead atoms. The Balaban J connectivity index is 3.25.